The van der Waals surface area contributed by atoms with Gasteiger partial charge in [-0.15, -0.1) is 10.2 Å². The van der Waals surface area contributed by atoms with Crippen molar-refractivity contribution in [3.05, 3.63) is 63.4 Å². The van der Waals surface area contributed by atoms with Crippen LogP contribution in [0.2, 0.25) is 5.02 Å². The smallest absolute Gasteiger partial charge is 0.262 e. The molecular weight excluding hydrogens is 450 g/mol. The van der Waals surface area contributed by atoms with E-state index in [9.17, 15) is 9.59 Å². The second kappa shape index (κ2) is 9.72. The Balaban J connectivity index is 1.64. The molecule has 0 aliphatic rings. The molecule has 0 fully saturated rings. The van der Waals surface area contributed by atoms with Crippen LogP contribution in [0.1, 0.15) is 12.0 Å². The summed E-state index contributed by atoms with van der Waals surface area (Å²) in [7, 11) is 1.63. The van der Waals surface area contributed by atoms with E-state index in [0.717, 1.165) is 5.56 Å². The zero-order valence-electron chi connectivity index (χ0n) is 17.7. The van der Waals surface area contributed by atoms with Gasteiger partial charge >= 0.3 is 0 Å². The second-order valence-electron chi connectivity index (χ2n) is 7.19. The molecule has 166 valence electrons. The first-order valence-electron chi connectivity index (χ1n) is 10.0. The Labute approximate surface area is 193 Å². The maximum atomic E-state index is 13.0. The number of amides is 1. The van der Waals surface area contributed by atoms with E-state index < -0.39 is 0 Å². The summed E-state index contributed by atoms with van der Waals surface area (Å²) in [5, 5.41) is 13.1. The van der Waals surface area contributed by atoms with E-state index in [1.165, 1.54) is 11.8 Å². The van der Waals surface area contributed by atoms with Crippen molar-refractivity contribution in [3.8, 4) is 0 Å². The molecule has 2 aromatic carbocycles. The summed E-state index contributed by atoms with van der Waals surface area (Å²) in [4.78, 5) is 25.6. The summed E-state index contributed by atoms with van der Waals surface area (Å²) >= 11 is 7.39. The van der Waals surface area contributed by atoms with Crippen LogP contribution in [0, 0.1) is 6.92 Å². The van der Waals surface area contributed by atoms with Crippen LogP contribution in [0.5, 0.6) is 0 Å². The Morgan fingerprint density at radius 3 is 2.81 bits per heavy atom. The van der Waals surface area contributed by atoms with E-state index in [1.54, 1.807) is 29.9 Å². The topological polar surface area (TPSA) is 90.5 Å². The van der Waals surface area contributed by atoms with Crippen molar-refractivity contribution in [2.45, 2.75) is 25.0 Å². The minimum absolute atomic E-state index is 0.123. The van der Waals surface area contributed by atoms with E-state index in [0.29, 0.717) is 52.1 Å². The summed E-state index contributed by atoms with van der Waals surface area (Å²) in [6, 6.07) is 12.7. The quantitative estimate of drug-likeness (QED) is 0.311. The van der Waals surface area contributed by atoms with Crippen molar-refractivity contribution < 1.29 is 9.53 Å². The predicted octanol–water partition coefficient (Wildman–Crippen LogP) is 3.77. The average Bonchev–Trinajstić information content (AvgIpc) is 3.22. The van der Waals surface area contributed by atoms with Gasteiger partial charge in [-0.2, -0.15) is 0 Å². The highest BCUT2D eigenvalue weighted by atomic mass is 35.5. The number of carbonyl (C=O) groups excluding carboxylic acids is 1. The summed E-state index contributed by atoms with van der Waals surface area (Å²) in [6.45, 7) is 2.84. The van der Waals surface area contributed by atoms with Crippen molar-refractivity contribution in [2.75, 3.05) is 24.8 Å². The molecule has 2 heterocycles. The third kappa shape index (κ3) is 4.36. The molecule has 1 amide bonds. The molecule has 4 aromatic rings. The number of rotatable bonds is 8. The van der Waals surface area contributed by atoms with Crippen LogP contribution in [0.25, 0.3) is 16.7 Å². The lowest BCUT2D eigenvalue weighted by Crippen LogP contribution is -2.24. The number of anilines is 1. The lowest BCUT2D eigenvalue weighted by atomic mass is 10.2. The monoisotopic (exact) mass is 471 g/mol. The summed E-state index contributed by atoms with van der Waals surface area (Å²) in [5.74, 6) is 0.386. The van der Waals surface area contributed by atoms with Crippen LogP contribution in [-0.4, -0.2) is 44.5 Å². The number of nitrogens with zero attached hydrogens (tertiary/aromatic N) is 4. The molecule has 4 rings (SSSR count). The molecule has 0 unspecified atom stereocenters. The summed E-state index contributed by atoms with van der Waals surface area (Å²) in [5.41, 5.74) is 2.06. The number of thioether (sulfide) groups is 1. The molecule has 0 saturated carbocycles. The van der Waals surface area contributed by atoms with Gasteiger partial charge in [0.25, 0.3) is 5.56 Å². The number of hydrogen-bond acceptors (Lipinski definition) is 6. The largest absolute Gasteiger partial charge is 0.385 e. The maximum Gasteiger partial charge on any atom is 0.262 e. The molecule has 1 N–H and O–H groups in total. The zero-order valence-corrected chi connectivity index (χ0v) is 19.2. The lowest BCUT2D eigenvalue weighted by molar-refractivity contribution is -0.113. The molecule has 0 saturated heterocycles. The third-order valence-corrected chi connectivity index (χ3v) is 6.42. The minimum atomic E-state index is -0.185. The Morgan fingerprint density at radius 2 is 2.00 bits per heavy atom. The van der Waals surface area contributed by atoms with Gasteiger partial charge in [-0.3, -0.25) is 18.6 Å². The van der Waals surface area contributed by atoms with Crippen LogP contribution < -0.4 is 10.9 Å². The van der Waals surface area contributed by atoms with Crippen molar-refractivity contribution in [1.82, 2.24) is 19.2 Å². The van der Waals surface area contributed by atoms with Gasteiger partial charge in [0.2, 0.25) is 11.7 Å². The normalized spacial score (nSPS) is 11.3. The minimum Gasteiger partial charge on any atom is -0.385 e. The molecule has 0 bridgehead atoms. The van der Waals surface area contributed by atoms with Crippen LogP contribution >= 0.6 is 23.4 Å². The van der Waals surface area contributed by atoms with E-state index in [1.807, 2.05) is 35.6 Å². The van der Waals surface area contributed by atoms with Crippen LogP contribution in [0.15, 0.2) is 52.4 Å². The number of aromatic nitrogens is 4. The van der Waals surface area contributed by atoms with Crippen molar-refractivity contribution in [1.29, 1.82) is 0 Å². The Hall–Kier alpha value is -2.88. The van der Waals surface area contributed by atoms with Gasteiger partial charge in [0.15, 0.2) is 5.16 Å². The van der Waals surface area contributed by atoms with Crippen LogP contribution in [0.4, 0.5) is 5.69 Å². The fourth-order valence-corrected chi connectivity index (χ4v) is 4.37. The number of ether oxygens (including phenoxy) is 1. The van der Waals surface area contributed by atoms with Crippen LogP contribution in [-0.2, 0) is 16.1 Å². The number of methoxy groups -OCH3 is 1. The SMILES string of the molecule is COCCCn1c(=O)c2ccccc2n2c(SCC(=O)Nc3cccc(Cl)c3C)nnc12. The van der Waals surface area contributed by atoms with E-state index in [4.69, 9.17) is 16.3 Å². The van der Waals surface area contributed by atoms with E-state index >= 15 is 0 Å². The molecule has 32 heavy (non-hydrogen) atoms. The molecule has 0 aliphatic carbocycles. The van der Waals surface area contributed by atoms with Gasteiger partial charge in [-0.05, 0) is 43.2 Å². The highest BCUT2D eigenvalue weighted by molar-refractivity contribution is 7.99. The second-order valence-corrected chi connectivity index (χ2v) is 8.54. The molecule has 2 aromatic heterocycles. The molecule has 0 spiro atoms. The van der Waals surface area contributed by atoms with E-state index in [2.05, 4.69) is 15.5 Å². The van der Waals surface area contributed by atoms with E-state index in [-0.39, 0.29) is 17.2 Å². The number of halogens is 1. The maximum absolute atomic E-state index is 13.0. The Kier molecular flexibility index (Phi) is 6.78. The fourth-order valence-electron chi connectivity index (χ4n) is 3.45. The Morgan fingerprint density at radius 1 is 1.19 bits per heavy atom. The van der Waals surface area contributed by atoms with Crippen molar-refractivity contribution in [3.63, 3.8) is 0 Å². The molecule has 10 heteroatoms. The summed E-state index contributed by atoms with van der Waals surface area (Å²) < 4.78 is 8.55. The first kappa shape index (κ1) is 22.3. The first-order chi connectivity index (χ1) is 15.5. The van der Waals surface area contributed by atoms with Gasteiger partial charge < -0.3 is 10.1 Å². The molecule has 0 aliphatic heterocycles. The first-order valence-corrected chi connectivity index (χ1v) is 11.4. The number of aryl methyl sites for hydroxylation is 1. The van der Waals surface area contributed by atoms with Crippen molar-refractivity contribution >= 4 is 51.6 Å². The standard InChI is InChI=1S/C22H22ClN5O3S/c1-14-16(23)8-5-9-17(14)24-19(29)13-32-22-26-25-21-27(11-6-12-31-2)20(30)15-7-3-4-10-18(15)28(21)22/h3-5,7-10H,6,11-13H2,1-2H3,(H,24,29). The number of hydrogen-bond donors (Lipinski definition) is 1. The van der Waals surface area contributed by atoms with Gasteiger partial charge in [-0.25, -0.2) is 0 Å². The van der Waals surface area contributed by atoms with Gasteiger partial charge in [-0.1, -0.05) is 41.6 Å². The summed E-state index contributed by atoms with van der Waals surface area (Å²) in [6.07, 6.45) is 0.668. The number of nitrogens with one attached hydrogen (secondary N) is 1. The third-order valence-electron chi connectivity index (χ3n) is 5.08. The molecule has 0 radical (unpaired) electrons. The number of para-hydroxylation sites is 1. The van der Waals surface area contributed by atoms with Gasteiger partial charge in [0.05, 0.1) is 16.7 Å². The van der Waals surface area contributed by atoms with Crippen molar-refractivity contribution in [2.24, 2.45) is 0 Å². The number of fused-ring (bicyclic) bond motifs is 3. The zero-order chi connectivity index (χ0) is 22.7. The number of carbonyl (C=O) groups is 1. The fraction of sp³-hybridized carbons (Fsp3) is 0.273. The Bertz CT molecular complexity index is 1350. The molecule has 8 nitrogen and oxygen atoms in total. The predicted molar refractivity (Wildman–Crippen MR) is 127 cm³/mol. The number of benzene rings is 2. The highest BCUT2D eigenvalue weighted by Gasteiger charge is 2.17. The molecular formula is C22H22ClN5O3S. The van der Waals surface area contributed by atoms with Gasteiger partial charge in [0, 0.05) is 31.0 Å². The van der Waals surface area contributed by atoms with Crippen LogP contribution in [0.3, 0.4) is 0 Å². The molecule has 0 atom stereocenters. The highest BCUT2D eigenvalue weighted by Crippen LogP contribution is 2.25. The van der Waals surface area contributed by atoms with Gasteiger partial charge in [0.1, 0.15) is 0 Å². The average molecular weight is 472 g/mol. The lowest BCUT2D eigenvalue weighted by Gasteiger charge is -2.11.